The van der Waals surface area contributed by atoms with Gasteiger partial charge in [0.05, 0.1) is 13.2 Å². The fourth-order valence-electron chi connectivity index (χ4n) is 3.94. The zero-order valence-electron chi connectivity index (χ0n) is 22.3. The van der Waals surface area contributed by atoms with Gasteiger partial charge in [-0.25, -0.2) is 0 Å². The van der Waals surface area contributed by atoms with Crippen LogP contribution in [0.1, 0.15) is 60.1 Å². The minimum absolute atomic E-state index is 0.180. The number of hydrogen-bond acceptors (Lipinski definition) is 3. The molecule has 0 aromatic heterocycles. The lowest BCUT2D eigenvalue weighted by Crippen LogP contribution is -2.07. The molecule has 0 atom stereocenters. The molecule has 0 bridgehead atoms. The Kier molecular flexibility index (Phi) is 9.22. The second-order valence-electron chi connectivity index (χ2n) is 9.09. The predicted octanol–water partition coefficient (Wildman–Crippen LogP) is 7.23. The van der Waals surface area contributed by atoms with Crippen molar-refractivity contribution < 1.29 is 14.3 Å². The van der Waals surface area contributed by atoms with Crippen molar-refractivity contribution in [2.24, 2.45) is 0 Å². The highest BCUT2D eigenvalue weighted by Crippen LogP contribution is 2.22. The quantitative estimate of drug-likeness (QED) is 0.153. The number of carbonyl (C=O) groups is 1. The van der Waals surface area contributed by atoms with Gasteiger partial charge in [0.2, 0.25) is 0 Å². The normalized spacial score (nSPS) is 10.2. The molecule has 0 aliphatic carbocycles. The van der Waals surface area contributed by atoms with E-state index in [2.05, 4.69) is 86.1 Å². The smallest absolute Gasteiger partial charge is 0.305 e. The van der Waals surface area contributed by atoms with E-state index >= 15 is 0 Å². The van der Waals surface area contributed by atoms with E-state index in [1.165, 1.54) is 11.1 Å². The van der Waals surface area contributed by atoms with E-state index < -0.39 is 0 Å². The monoisotopic (exact) mass is 500 g/mol. The van der Waals surface area contributed by atoms with Gasteiger partial charge in [0, 0.05) is 35.1 Å². The Morgan fingerprint density at radius 3 is 2.13 bits per heavy atom. The van der Waals surface area contributed by atoms with Gasteiger partial charge in [0.25, 0.3) is 0 Å². The fraction of sp³-hybridized carbons (Fsp3) is 0.229. The number of benzene rings is 4. The van der Waals surface area contributed by atoms with Gasteiger partial charge in [-0.2, -0.15) is 0 Å². The van der Waals surface area contributed by atoms with Crippen LogP contribution in [0.4, 0.5) is 0 Å². The molecule has 0 aliphatic rings. The maximum atomic E-state index is 11.2. The zero-order chi connectivity index (χ0) is 26.7. The second kappa shape index (κ2) is 13.2. The number of rotatable bonds is 7. The first-order valence-corrected chi connectivity index (χ1v) is 13.1. The number of ether oxygens (including phenoxy) is 2. The first-order chi connectivity index (χ1) is 18.5. The average molecular weight is 501 g/mol. The fourth-order valence-corrected chi connectivity index (χ4v) is 3.94. The average Bonchev–Trinajstić information content (AvgIpc) is 2.95. The summed E-state index contributed by atoms with van der Waals surface area (Å²) in [5.41, 5.74) is 6.45. The summed E-state index contributed by atoms with van der Waals surface area (Å²) in [6.07, 6.45) is 1.96. The standard InChI is InChI=1S/C35H32O3/c1-4-30-23-28(14-17-31(30)16-13-27-9-7-26(3)8-10-27)11-12-29-15-18-33-25-34(20-19-32(33)24-29)37-21-6-22-38-35(36)5-2/h7-10,14-15,17-20,23-25H,4-6,21-22H2,1-3H3. The van der Waals surface area contributed by atoms with Gasteiger partial charge >= 0.3 is 5.97 Å². The SMILES string of the molecule is CCC(=O)OCCCOc1ccc2cc(C#Cc3ccc(C#Cc4ccc(C)cc4)c(CC)c3)ccc2c1. The molecule has 0 fully saturated rings. The minimum Gasteiger partial charge on any atom is -0.493 e. The van der Waals surface area contributed by atoms with Crippen LogP contribution in [0.3, 0.4) is 0 Å². The van der Waals surface area contributed by atoms with Crippen molar-refractivity contribution in [1.29, 1.82) is 0 Å². The topological polar surface area (TPSA) is 35.5 Å². The molecule has 190 valence electrons. The van der Waals surface area contributed by atoms with Crippen LogP contribution in [-0.2, 0) is 16.0 Å². The Morgan fingerprint density at radius 2 is 1.37 bits per heavy atom. The molecule has 4 aromatic carbocycles. The summed E-state index contributed by atoms with van der Waals surface area (Å²) in [7, 11) is 0. The number of aryl methyl sites for hydroxylation is 2. The zero-order valence-corrected chi connectivity index (χ0v) is 22.3. The molecular weight excluding hydrogens is 468 g/mol. The van der Waals surface area contributed by atoms with Crippen molar-refractivity contribution in [2.45, 2.75) is 40.0 Å². The molecule has 0 aliphatic heterocycles. The van der Waals surface area contributed by atoms with Crippen molar-refractivity contribution in [3.63, 3.8) is 0 Å². The summed E-state index contributed by atoms with van der Waals surface area (Å²) in [5.74, 6) is 13.8. The molecule has 0 N–H and O–H groups in total. The van der Waals surface area contributed by atoms with Crippen LogP contribution < -0.4 is 4.74 Å². The van der Waals surface area contributed by atoms with Crippen LogP contribution in [0.5, 0.6) is 5.75 Å². The Labute approximate surface area is 225 Å². The Morgan fingerprint density at radius 1 is 0.711 bits per heavy atom. The van der Waals surface area contributed by atoms with E-state index in [4.69, 9.17) is 9.47 Å². The number of fused-ring (bicyclic) bond motifs is 1. The summed E-state index contributed by atoms with van der Waals surface area (Å²) in [5, 5.41) is 2.20. The lowest BCUT2D eigenvalue weighted by Gasteiger charge is -2.08. The Bertz CT molecular complexity index is 1540. The van der Waals surface area contributed by atoms with Crippen molar-refractivity contribution in [3.8, 4) is 29.4 Å². The molecule has 0 heterocycles. The second-order valence-corrected chi connectivity index (χ2v) is 9.09. The van der Waals surface area contributed by atoms with Crippen molar-refractivity contribution in [3.05, 3.63) is 112 Å². The van der Waals surface area contributed by atoms with E-state index in [0.717, 1.165) is 45.2 Å². The molecular formula is C35H32O3. The van der Waals surface area contributed by atoms with E-state index in [9.17, 15) is 4.79 Å². The Hall–Kier alpha value is -4.47. The summed E-state index contributed by atoms with van der Waals surface area (Å²) in [6.45, 7) is 6.89. The maximum absolute atomic E-state index is 11.2. The third kappa shape index (κ3) is 7.52. The number of carbonyl (C=O) groups excluding carboxylic acids is 1. The summed E-state index contributed by atoms with van der Waals surface area (Å²) >= 11 is 0. The van der Waals surface area contributed by atoms with Gasteiger partial charge in [0.1, 0.15) is 5.75 Å². The summed E-state index contributed by atoms with van der Waals surface area (Å²) in [6, 6.07) is 26.7. The third-order valence-electron chi connectivity index (χ3n) is 6.15. The number of hydrogen-bond donors (Lipinski definition) is 0. The van der Waals surface area contributed by atoms with Crippen molar-refractivity contribution in [1.82, 2.24) is 0 Å². The first kappa shape index (κ1) is 26.6. The van der Waals surface area contributed by atoms with Gasteiger partial charge < -0.3 is 9.47 Å². The van der Waals surface area contributed by atoms with E-state index in [1.54, 1.807) is 6.92 Å². The molecule has 0 saturated carbocycles. The predicted molar refractivity (Wildman–Crippen MR) is 154 cm³/mol. The lowest BCUT2D eigenvalue weighted by atomic mass is 10.0. The van der Waals surface area contributed by atoms with Crippen LogP contribution in [0, 0.1) is 30.6 Å². The van der Waals surface area contributed by atoms with E-state index in [-0.39, 0.29) is 5.97 Å². The van der Waals surface area contributed by atoms with Crippen molar-refractivity contribution >= 4 is 16.7 Å². The highest BCUT2D eigenvalue weighted by atomic mass is 16.5. The molecule has 3 heteroatoms. The molecule has 3 nitrogen and oxygen atoms in total. The van der Waals surface area contributed by atoms with Crippen LogP contribution in [0.25, 0.3) is 10.8 Å². The Balaban J connectivity index is 1.41. The largest absolute Gasteiger partial charge is 0.493 e. The molecule has 38 heavy (non-hydrogen) atoms. The van der Waals surface area contributed by atoms with E-state index in [1.807, 2.05) is 30.3 Å². The maximum Gasteiger partial charge on any atom is 0.305 e. The van der Waals surface area contributed by atoms with E-state index in [0.29, 0.717) is 26.1 Å². The highest BCUT2D eigenvalue weighted by Gasteiger charge is 2.02. The highest BCUT2D eigenvalue weighted by molar-refractivity contribution is 5.85. The van der Waals surface area contributed by atoms with Crippen LogP contribution in [0.15, 0.2) is 78.9 Å². The first-order valence-electron chi connectivity index (χ1n) is 13.1. The summed E-state index contributed by atoms with van der Waals surface area (Å²) in [4.78, 5) is 11.2. The van der Waals surface area contributed by atoms with Gasteiger partial charge in [-0.3, -0.25) is 4.79 Å². The van der Waals surface area contributed by atoms with Crippen LogP contribution in [-0.4, -0.2) is 19.2 Å². The van der Waals surface area contributed by atoms with Crippen molar-refractivity contribution in [2.75, 3.05) is 13.2 Å². The molecule has 0 radical (unpaired) electrons. The molecule has 0 amide bonds. The molecule has 0 spiro atoms. The van der Waals surface area contributed by atoms with Gasteiger partial charge in [-0.05, 0) is 84.3 Å². The van der Waals surface area contributed by atoms with Gasteiger partial charge in [-0.1, -0.05) is 67.4 Å². The third-order valence-corrected chi connectivity index (χ3v) is 6.15. The molecule has 0 unspecified atom stereocenters. The minimum atomic E-state index is -0.180. The molecule has 4 aromatic rings. The lowest BCUT2D eigenvalue weighted by molar-refractivity contribution is -0.143. The number of esters is 1. The van der Waals surface area contributed by atoms with Gasteiger partial charge in [0.15, 0.2) is 0 Å². The van der Waals surface area contributed by atoms with Crippen LogP contribution >= 0.6 is 0 Å². The molecule has 0 saturated heterocycles. The van der Waals surface area contributed by atoms with Crippen LogP contribution in [0.2, 0.25) is 0 Å². The molecule has 4 rings (SSSR count). The van der Waals surface area contributed by atoms with Gasteiger partial charge in [-0.15, -0.1) is 0 Å². The summed E-state index contributed by atoms with van der Waals surface area (Å²) < 4.78 is 10.9.